The smallest absolute Gasteiger partial charge is 0.280 e. The van der Waals surface area contributed by atoms with Crippen molar-refractivity contribution >= 4 is 31.5 Å². The third-order valence-corrected chi connectivity index (χ3v) is 12.4. The van der Waals surface area contributed by atoms with Gasteiger partial charge in [-0.15, -0.1) is 0 Å². The number of hydrogen-bond donors (Lipinski definition) is 2. The van der Waals surface area contributed by atoms with Crippen LogP contribution in [0.3, 0.4) is 0 Å². The van der Waals surface area contributed by atoms with Gasteiger partial charge in [0.15, 0.2) is 17.4 Å². The van der Waals surface area contributed by atoms with Gasteiger partial charge in [0, 0.05) is 18.0 Å². The number of nitrogens with one attached hydrogen (secondary N) is 2. The molecule has 1 amide bonds. The molecule has 17 heteroatoms. The van der Waals surface area contributed by atoms with Crippen molar-refractivity contribution in [1.29, 1.82) is 5.26 Å². The topological polar surface area (TPSA) is 184 Å². The number of hydrogen-bond acceptors (Lipinski definition) is 13. The predicted octanol–water partition coefficient (Wildman–Crippen LogP) is 7.32. The second kappa shape index (κ2) is 20.8. The van der Waals surface area contributed by atoms with Gasteiger partial charge in [-0.05, 0) is 68.7 Å². The van der Waals surface area contributed by atoms with E-state index in [0.717, 1.165) is 16.7 Å². The Balaban J connectivity index is 1.47. The predicted molar refractivity (Wildman–Crippen MR) is 235 cm³/mol. The van der Waals surface area contributed by atoms with Gasteiger partial charge in [0.05, 0.1) is 66.1 Å². The molecule has 0 spiro atoms. The summed E-state index contributed by atoms with van der Waals surface area (Å²) in [6.07, 6.45) is 0.770. The van der Waals surface area contributed by atoms with Crippen molar-refractivity contribution in [1.82, 2.24) is 24.2 Å². The average Bonchev–Trinajstić information content (AvgIpc) is 3.71. The summed E-state index contributed by atoms with van der Waals surface area (Å²) in [5.41, 5.74) is -0.377. The summed E-state index contributed by atoms with van der Waals surface area (Å²) >= 11 is 0. The van der Waals surface area contributed by atoms with Crippen molar-refractivity contribution < 1.29 is 37.5 Å². The second-order valence-corrected chi connectivity index (χ2v) is 17.2. The van der Waals surface area contributed by atoms with Crippen molar-refractivity contribution in [2.75, 3.05) is 52.6 Å². The number of aromatic nitrogens is 4. The van der Waals surface area contributed by atoms with E-state index in [9.17, 15) is 14.9 Å². The largest absolute Gasteiger partial charge is 0.497 e. The molecule has 3 atom stereocenters. The molecule has 62 heavy (non-hydrogen) atoms. The second-order valence-electron chi connectivity index (χ2n) is 15.8. The molecule has 330 valence electrons. The quantitative estimate of drug-likeness (QED) is 0.0451. The zero-order valence-corrected chi connectivity index (χ0v) is 37.4. The molecule has 3 heterocycles. The number of amides is 1. The number of aromatic amines is 1. The average molecular weight is 870 g/mol. The van der Waals surface area contributed by atoms with Gasteiger partial charge < -0.3 is 32.7 Å². The Morgan fingerprint density at radius 2 is 1.56 bits per heavy atom. The molecule has 3 aromatic carbocycles. The summed E-state index contributed by atoms with van der Waals surface area (Å²) in [6, 6.07) is 27.6. The fourth-order valence-electron chi connectivity index (χ4n) is 7.29. The zero-order chi connectivity index (χ0) is 44.4. The van der Waals surface area contributed by atoms with Crippen LogP contribution in [0.25, 0.3) is 11.2 Å². The molecule has 6 rings (SSSR count). The zero-order valence-electron chi connectivity index (χ0n) is 36.5. The number of rotatable bonds is 20. The van der Waals surface area contributed by atoms with Gasteiger partial charge in [0.2, 0.25) is 11.9 Å². The summed E-state index contributed by atoms with van der Waals surface area (Å²) in [4.78, 5) is 37.5. The normalized spacial score (nSPS) is 17.4. The van der Waals surface area contributed by atoms with Gasteiger partial charge in [-0.2, -0.15) is 10.2 Å². The Morgan fingerprint density at radius 3 is 2.13 bits per heavy atom. The molecule has 1 fully saturated rings. The number of H-pyrrole nitrogens is 1. The number of carbonyl (C=O) groups is 1. The molecule has 1 aliphatic rings. The lowest BCUT2D eigenvalue weighted by Crippen LogP contribution is -2.54. The van der Waals surface area contributed by atoms with Crippen LogP contribution in [0.1, 0.15) is 70.9 Å². The molecule has 2 aromatic heterocycles. The van der Waals surface area contributed by atoms with Gasteiger partial charge in [-0.25, -0.2) is 9.65 Å². The highest BCUT2D eigenvalue weighted by Gasteiger charge is 2.47. The number of anilines is 1. The highest BCUT2D eigenvalue weighted by molar-refractivity contribution is 7.44. The number of fused-ring (bicyclic) bond motifs is 1. The Kier molecular flexibility index (Phi) is 15.5. The van der Waals surface area contributed by atoms with Crippen molar-refractivity contribution in [3.63, 3.8) is 0 Å². The van der Waals surface area contributed by atoms with Crippen LogP contribution in [0.2, 0.25) is 0 Å². The number of methoxy groups -OCH3 is 2. The van der Waals surface area contributed by atoms with Crippen LogP contribution in [-0.4, -0.2) is 95.0 Å². The molecular formula is C45H56N7O9P. The maximum absolute atomic E-state index is 13.2. The van der Waals surface area contributed by atoms with Gasteiger partial charge in [-0.1, -0.05) is 68.4 Å². The summed E-state index contributed by atoms with van der Waals surface area (Å²) in [7, 11) is 1.53. The standard InChI is InChI=1S/C45H56N7O9P/c1-30(2)41(53)49-43-48-40-39(42(54)50-43)47-29-51(40)38-25-57-26-44(61-38,28-60-62(59-24-12-23-46)52(31(3)4)32(5)6)27-58-45(33-13-10-9-11-14-33,34-15-19-36(55-7)20-16-34)35-17-21-37(56-8)22-18-35/h9-11,13-22,29-32,38H,12,24-28H2,1-8H3,(H2,48,49,50,53,54)/t38-,44-,62?/m1/s1. The van der Waals surface area contributed by atoms with Crippen LogP contribution in [-0.2, 0) is 33.7 Å². The van der Waals surface area contributed by atoms with Gasteiger partial charge in [0.25, 0.3) is 14.1 Å². The lowest BCUT2D eigenvalue weighted by molar-refractivity contribution is -0.257. The van der Waals surface area contributed by atoms with Crippen molar-refractivity contribution in [2.24, 2.45) is 5.92 Å². The highest BCUT2D eigenvalue weighted by atomic mass is 31.2. The Hall–Kier alpha value is -5.24. The van der Waals surface area contributed by atoms with Gasteiger partial charge in [0.1, 0.15) is 22.7 Å². The molecular weight excluding hydrogens is 814 g/mol. The Bertz CT molecular complexity index is 2280. The molecule has 16 nitrogen and oxygen atoms in total. The first-order valence-corrected chi connectivity index (χ1v) is 21.7. The van der Waals surface area contributed by atoms with Crippen LogP contribution in [0.4, 0.5) is 5.95 Å². The molecule has 5 aromatic rings. The number of nitriles is 1. The van der Waals surface area contributed by atoms with E-state index in [1.807, 2.05) is 78.9 Å². The Labute approximate surface area is 363 Å². The first kappa shape index (κ1) is 46.3. The van der Waals surface area contributed by atoms with Gasteiger partial charge in [-0.3, -0.25) is 24.5 Å². The van der Waals surface area contributed by atoms with Crippen molar-refractivity contribution in [3.05, 3.63) is 112 Å². The van der Waals surface area contributed by atoms with E-state index in [-0.39, 0.29) is 80.5 Å². The van der Waals surface area contributed by atoms with Gasteiger partial charge >= 0.3 is 0 Å². The molecule has 1 aliphatic heterocycles. The van der Waals surface area contributed by atoms with E-state index >= 15 is 0 Å². The number of nitrogens with zero attached hydrogens (tertiary/aromatic N) is 5. The van der Waals surface area contributed by atoms with Crippen LogP contribution < -0.4 is 20.3 Å². The summed E-state index contributed by atoms with van der Waals surface area (Å²) in [5, 5.41) is 12.1. The molecule has 0 radical (unpaired) electrons. The highest BCUT2D eigenvalue weighted by Crippen LogP contribution is 2.48. The van der Waals surface area contributed by atoms with Crippen LogP contribution >= 0.6 is 8.53 Å². The van der Waals surface area contributed by atoms with E-state index in [1.54, 1.807) is 32.6 Å². The van der Waals surface area contributed by atoms with E-state index in [4.69, 9.17) is 32.7 Å². The maximum Gasteiger partial charge on any atom is 0.280 e. The monoisotopic (exact) mass is 869 g/mol. The SMILES string of the molecule is COc1ccc(C(OC[C@@]2(COP(OCCC#N)N(C(C)C)C(C)C)COC[C@H](n3cnc4c(=O)[nH]c(NC(=O)C(C)C)nc43)O2)(c2ccccc2)c2ccc(OC)cc2)cc1. The molecule has 0 bridgehead atoms. The Morgan fingerprint density at radius 1 is 0.952 bits per heavy atom. The van der Waals surface area contributed by atoms with Crippen LogP contribution in [0, 0.1) is 17.2 Å². The number of benzene rings is 3. The first-order chi connectivity index (χ1) is 29.8. The summed E-state index contributed by atoms with van der Waals surface area (Å²) < 4.78 is 49.0. The van der Waals surface area contributed by atoms with E-state index in [1.165, 1.54) is 6.33 Å². The number of ether oxygens (including phenoxy) is 5. The third kappa shape index (κ3) is 10.3. The minimum Gasteiger partial charge on any atom is -0.497 e. The lowest BCUT2D eigenvalue weighted by Gasteiger charge is -2.45. The first-order valence-electron chi connectivity index (χ1n) is 20.6. The minimum atomic E-state index is -1.72. The fraction of sp³-hybridized carbons (Fsp3) is 0.444. The third-order valence-electron chi connectivity index (χ3n) is 10.3. The van der Waals surface area contributed by atoms with E-state index in [2.05, 4.69) is 58.7 Å². The van der Waals surface area contributed by atoms with Crippen LogP contribution in [0.5, 0.6) is 11.5 Å². The lowest BCUT2D eigenvalue weighted by atomic mass is 9.79. The van der Waals surface area contributed by atoms with E-state index in [0.29, 0.717) is 11.5 Å². The number of carbonyl (C=O) groups excluding carboxylic acids is 1. The van der Waals surface area contributed by atoms with E-state index < -0.39 is 31.5 Å². The van der Waals surface area contributed by atoms with Crippen molar-refractivity contribution in [2.45, 2.75) is 77.5 Å². The molecule has 0 saturated carbocycles. The van der Waals surface area contributed by atoms with Crippen LogP contribution in [0.15, 0.2) is 90.0 Å². The summed E-state index contributed by atoms with van der Waals surface area (Å²) in [5.74, 6) is 0.668. The molecule has 1 unspecified atom stereocenters. The number of imidazole rings is 1. The molecule has 0 aliphatic carbocycles. The molecule has 2 N–H and O–H groups in total. The summed E-state index contributed by atoms with van der Waals surface area (Å²) in [6.45, 7) is 11.9. The van der Waals surface area contributed by atoms with Crippen molar-refractivity contribution in [3.8, 4) is 17.6 Å². The fourth-order valence-corrected chi connectivity index (χ4v) is 8.98. The maximum atomic E-state index is 13.2. The minimum absolute atomic E-state index is 0.0214. The molecule has 1 saturated heterocycles.